The second-order valence-corrected chi connectivity index (χ2v) is 3.91. The molecule has 0 atom stereocenters. The maximum absolute atomic E-state index is 5.59. The molecule has 2 rings (SSSR count). The molecule has 1 aromatic heterocycles. The highest BCUT2D eigenvalue weighted by molar-refractivity contribution is 5.20. The van der Waals surface area contributed by atoms with E-state index in [1.165, 1.54) is 42.9 Å². The summed E-state index contributed by atoms with van der Waals surface area (Å²) in [6.07, 6.45) is 5.91. The number of imidazole rings is 1. The minimum Gasteiger partial charge on any atom is -0.332 e. The first-order valence-electron chi connectivity index (χ1n) is 5.64. The molecular formula is C11H19N3. The maximum atomic E-state index is 5.59. The molecule has 14 heavy (non-hydrogen) atoms. The number of nitrogens with zero attached hydrogens (tertiary/aromatic N) is 2. The highest BCUT2D eigenvalue weighted by Gasteiger charge is 2.18. The molecule has 0 fully saturated rings. The summed E-state index contributed by atoms with van der Waals surface area (Å²) in [5, 5.41) is 0. The van der Waals surface area contributed by atoms with Gasteiger partial charge >= 0.3 is 0 Å². The molecule has 3 nitrogen and oxygen atoms in total. The molecule has 0 amide bonds. The van der Waals surface area contributed by atoms with Gasteiger partial charge in [0.25, 0.3) is 0 Å². The van der Waals surface area contributed by atoms with Crippen molar-refractivity contribution in [2.45, 2.75) is 45.6 Å². The van der Waals surface area contributed by atoms with Gasteiger partial charge in [0, 0.05) is 18.7 Å². The second kappa shape index (κ2) is 4.13. The SMILES string of the molecule is CCn1c(CCN)nc2c1CCCC2. The van der Waals surface area contributed by atoms with Crippen LogP contribution in [0.4, 0.5) is 0 Å². The summed E-state index contributed by atoms with van der Waals surface area (Å²) in [5.41, 5.74) is 8.40. The van der Waals surface area contributed by atoms with E-state index in [4.69, 9.17) is 10.7 Å². The number of aryl methyl sites for hydroxylation is 1. The summed E-state index contributed by atoms with van der Waals surface area (Å²) in [5.74, 6) is 1.20. The first kappa shape index (κ1) is 9.71. The average Bonchev–Trinajstić information content (AvgIpc) is 2.55. The fourth-order valence-corrected chi connectivity index (χ4v) is 2.35. The van der Waals surface area contributed by atoms with E-state index >= 15 is 0 Å². The monoisotopic (exact) mass is 193 g/mol. The van der Waals surface area contributed by atoms with Crippen molar-refractivity contribution in [2.24, 2.45) is 5.73 Å². The van der Waals surface area contributed by atoms with Crippen molar-refractivity contribution >= 4 is 0 Å². The third-order valence-electron chi connectivity index (χ3n) is 3.00. The Bertz CT molecular complexity index is 315. The van der Waals surface area contributed by atoms with E-state index in [-0.39, 0.29) is 0 Å². The van der Waals surface area contributed by atoms with E-state index in [9.17, 15) is 0 Å². The molecule has 1 heterocycles. The predicted molar refractivity (Wildman–Crippen MR) is 57.3 cm³/mol. The van der Waals surface area contributed by atoms with E-state index in [2.05, 4.69) is 11.5 Å². The quantitative estimate of drug-likeness (QED) is 0.786. The van der Waals surface area contributed by atoms with Crippen molar-refractivity contribution in [2.75, 3.05) is 6.54 Å². The van der Waals surface area contributed by atoms with Crippen molar-refractivity contribution in [1.29, 1.82) is 0 Å². The molecule has 0 aliphatic heterocycles. The Kier molecular flexibility index (Phi) is 2.87. The summed E-state index contributed by atoms with van der Waals surface area (Å²) >= 11 is 0. The third-order valence-corrected chi connectivity index (χ3v) is 3.00. The topological polar surface area (TPSA) is 43.8 Å². The highest BCUT2D eigenvalue weighted by Crippen LogP contribution is 2.22. The first-order chi connectivity index (χ1) is 6.86. The predicted octanol–water partition coefficient (Wildman–Crippen LogP) is 1.28. The van der Waals surface area contributed by atoms with Gasteiger partial charge in [0.05, 0.1) is 5.69 Å². The zero-order valence-corrected chi connectivity index (χ0v) is 8.92. The molecule has 3 heteroatoms. The molecule has 1 aliphatic carbocycles. The van der Waals surface area contributed by atoms with E-state index in [1.54, 1.807) is 0 Å². The van der Waals surface area contributed by atoms with Gasteiger partial charge < -0.3 is 10.3 Å². The van der Waals surface area contributed by atoms with Gasteiger partial charge in [-0.3, -0.25) is 0 Å². The normalized spacial score (nSPS) is 15.6. The average molecular weight is 193 g/mol. The molecule has 1 aliphatic rings. The Morgan fingerprint density at radius 3 is 2.86 bits per heavy atom. The van der Waals surface area contributed by atoms with Crippen LogP contribution in [0.2, 0.25) is 0 Å². The van der Waals surface area contributed by atoms with Crippen LogP contribution in [0.15, 0.2) is 0 Å². The molecular weight excluding hydrogens is 174 g/mol. The molecule has 0 bridgehead atoms. The minimum absolute atomic E-state index is 0.704. The minimum atomic E-state index is 0.704. The van der Waals surface area contributed by atoms with Crippen LogP contribution in [-0.4, -0.2) is 16.1 Å². The van der Waals surface area contributed by atoms with Crippen LogP contribution in [0.5, 0.6) is 0 Å². The van der Waals surface area contributed by atoms with Crippen LogP contribution in [0, 0.1) is 0 Å². The zero-order chi connectivity index (χ0) is 9.97. The number of nitrogens with two attached hydrogens (primary N) is 1. The van der Waals surface area contributed by atoms with Gasteiger partial charge in [-0.15, -0.1) is 0 Å². The molecule has 0 radical (unpaired) electrons. The van der Waals surface area contributed by atoms with Gasteiger partial charge in [0.15, 0.2) is 0 Å². The molecule has 0 spiro atoms. The van der Waals surface area contributed by atoms with Crippen molar-refractivity contribution in [1.82, 2.24) is 9.55 Å². The maximum Gasteiger partial charge on any atom is 0.110 e. The summed E-state index contributed by atoms with van der Waals surface area (Å²) < 4.78 is 2.36. The number of rotatable bonds is 3. The fraction of sp³-hybridized carbons (Fsp3) is 0.727. The molecule has 0 unspecified atom stereocenters. The van der Waals surface area contributed by atoms with Gasteiger partial charge in [-0.1, -0.05) is 0 Å². The molecule has 2 N–H and O–H groups in total. The van der Waals surface area contributed by atoms with Crippen LogP contribution in [0.1, 0.15) is 37.0 Å². The number of aromatic nitrogens is 2. The lowest BCUT2D eigenvalue weighted by molar-refractivity contribution is 0.608. The van der Waals surface area contributed by atoms with E-state index < -0.39 is 0 Å². The second-order valence-electron chi connectivity index (χ2n) is 3.91. The van der Waals surface area contributed by atoms with Crippen LogP contribution in [0.3, 0.4) is 0 Å². The summed E-state index contributed by atoms with van der Waals surface area (Å²) in [4.78, 5) is 4.69. The highest BCUT2D eigenvalue weighted by atomic mass is 15.1. The van der Waals surface area contributed by atoms with Gasteiger partial charge in [-0.2, -0.15) is 0 Å². The third kappa shape index (κ3) is 1.57. The Morgan fingerprint density at radius 1 is 1.36 bits per heavy atom. The lowest BCUT2D eigenvalue weighted by Gasteiger charge is -2.13. The van der Waals surface area contributed by atoms with E-state index in [1.807, 2.05) is 0 Å². The largest absolute Gasteiger partial charge is 0.332 e. The van der Waals surface area contributed by atoms with Gasteiger partial charge in [-0.25, -0.2) is 4.98 Å². The number of fused-ring (bicyclic) bond motifs is 1. The Labute approximate surface area is 85.3 Å². The van der Waals surface area contributed by atoms with Gasteiger partial charge in [0.1, 0.15) is 5.82 Å². The Balaban J connectivity index is 2.36. The van der Waals surface area contributed by atoms with Crippen molar-refractivity contribution < 1.29 is 0 Å². The lowest BCUT2D eigenvalue weighted by atomic mass is 10.0. The summed E-state index contributed by atoms with van der Waals surface area (Å²) in [6, 6.07) is 0. The summed E-state index contributed by atoms with van der Waals surface area (Å²) in [7, 11) is 0. The van der Waals surface area contributed by atoms with Crippen LogP contribution in [0.25, 0.3) is 0 Å². The Morgan fingerprint density at radius 2 is 2.14 bits per heavy atom. The van der Waals surface area contributed by atoms with Crippen LogP contribution in [-0.2, 0) is 25.8 Å². The molecule has 1 aromatic rings. The smallest absolute Gasteiger partial charge is 0.110 e. The molecule has 0 saturated heterocycles. The van der Waals surface area contributed by atoms with Crippen LogP contribution >= 0.6 is 0 Å². The van der Waals surface area contributed by atoms with Crippen LogP contribution < -0.4 is 5.73 Å². The number of hydrogen-bond donors (Lipinski definition) is 1. The summed E-state index contributed by atoms with van der Waals surface area (Å²) in [6.45, 7) is 3.93. The number of hydrogen-bond acceptors (Lipinski definition) is 2. The van der Waals surface area contributed by atoms with Crippen molar-refractivity contribution in [3.8, 4) is 0 Å². The van der Waals surface area contributed by atoms with Gasteiger partial charge in [-0.05, 0) is 39.2 Å². The Hall–Kier alpha value is -0.830. The van der Waals surface area contributed by atoms with Gasteiger partial charge in [0.2, 0.25) is 0 Å². The van der Waals surface area contributed by atoms with E-state index in [0.717, 1.165) is 13.0 Å². The van der Waals surface area contributed by atoms with Crippen molar-refractivity contribution in [3.05, 3.63) is 17.2 Å². The standard InChI is InChI=1S/C11H19N3/c1-2-14-10-6-4-3-5-9(10)13-11(14)7-8-12/h2-8,12H2,1H3. The zero-order valence-electron chi connectivity index (χ0n) is 8.92. The lowest BCUT2D eigenvalue weighted by Crippen LogP contribution is -2.12. The molecule has 0 aromatic carbocycles. The molecule has 78 valence electrons. The van der Waals surface area contributed by atoms with E-state index in [0.29, 0.717) is 6.54 Å². The fourth-order valence-electron chi connectivity index (χ4n) is 2.35. The van der Waals surface area contributed by atoms with Crippen molar-refractivity contribution in [3.63, 3.8) is 0 Å². The molecule has 0 saturated carbocycles. The first-order valence-corrected chi connectivity index (χ1v) is 5.64.